The molecule has 2 aliphatic carbocycles. The lowest BCUT2D eigenvalue weighted by Gasteiger charge is -2.27. The SMILES string of the molecule is COc1c(-c2cc3c([s+]2N)CCCC3C(N)C(F)(F)F)c(F)cc2c(=O)[nH]c(=O)n(C3CC3)c12. The Balaban J connectivity index is 1.79. The van der Waals surface area contributed by atoms with Crippen LogP contribution in [0, 0.1) is 5.82 Å². The summed E-state index contributed by atoms with van der Waals surface area (Å²) in [5.74, 6) is -1.82. The van der Waals surface area contributed by atoms with E-state index in [2.05, 4.69) is 4.98 Å². The van der Waals surface area contributed by atoms with Crippen molar-refractivity contribution in [1.29, 1.82) is 0 Å². The number of aromatic nitrogens is 2. The number of nitrogen functional groups attached to an aromatic ring is 1. The molecule has 5 rings (SSSR count). The average molecular weight is 500 g/mol. The molecule has 34 heavy (non-hydrogen) atoms. The molecule has 1 fully saturated rings. The fourth-order valence-corrected chi connectivity index (χ4v) is 6.76. The van der Waals surface area contributed by atoms with Crippen molar-refractivity contribution < 1.29 is 22.3 Å². The molecule has 2 aromatic heterocycles. The van der Waals surface area contributed by atoms with Crippen LogP contribution >= 0.6 is 10.7 Å². The van der Waals surface area contributed by atoms with Crippen LogP contribution in [-0.4, -0.2) is 28.9 Å². The third-order valence-corrected chi connectivity index (χ3v) is 8.50. The second kappa shape index (κ2) is 7.92. The summed E-state index contributed by atoms with van der Waals surface area (Å²) in [7, 11) is 0.0971. The molecule has 3 atom stereocenters. The fourth-order valence-electron chi connectivity index (χ4n) is 5.00. The van der Waals surface area contributed by atoms with E-state index in [9.17, 15) is 22.8 Å². The number of nitrogens with one attached hydrogen (secondary N) is 1. The first-order valence-electron chi connectivity index (χ1n) is 10.9. The highest BCUT2D eigenvalue weighted by Crippen LogP contribution is 2.51. The predicted molar refractivity (Wildman–Crippen MR) is 121 cm³/mol. The van der Waals surface area contributed by atoms with Gasteiger partial charge in [-0.2, -0.15) is 13.2 Å². The van der Waals surface area contributed by atoms with Crippen LogP contribution in [0.25, 0.3) is 21.3 Å². The Labute approximate surface area is 193 Å². The summed E-state index contributed by atoms with van der Waals surface area (Å²) in [4.78, 5) is 28.2. The molecule has 0 radical (unpaired) electrons. The minimum atomic E-state index is -4.59. The molecule has 0 saturated heterocycles. The lowest BCUT2D eigenvalue weighted by atomic mass is 9.82. The number of fused-ring (bicyclic) bond motifs is 2. The van der Waals surface area contributed by atoms with Crippen LogP contribution < -0.4 is 26.9 Å². The highest BCUT2D eigenvalue weighted by Gasteiger charge is 2.47. The highest BCUT2D eigenvalue weighted by molar-refractivity contribution is 7.34. The van der Waals surface area contributed by atoms with Crippen molar-refractivity contribution in [2.24, 2.45) is 5.73 Å². The number of methoxy groups -OCH3 is 1. The van der Waals surface area contributed by atoms with Gasteiger partial charge in [0.2, 0.25) is 4.88 Å². The zero-order valence-electron chi connectivity index (χ0n) is 18.2. The quantitative estimate of drug-likeness (QED) is 0.375. The molecule has 7 nitrogen and oxygen atoms in total. The van der Waals surface area contributed by atoms with Gasteiger partial charge in [0.05, 0.1) is 23.2 Å². The summed E-state index contributed by atoms with van der Waals surface area (Å²) >= 11 is 0. The number of aromatic amines is 1. The van der Waals surface area contributed by atoms with E-state index in [1.807, 2.05) is 0 Å². The number of hydrogen-bond acceptors (Lipinski definition) is 5. The molecule has 182 valence electrons. The molecule has 0 bridgehead atoms. The second-order valence-corrected chi connectivity index (χ2v) is 10.4. The number of nitrogens with zero attached hydrogens (tertiary/aromatic N) is 1. The Morgan fingerprint density at radius 1 is 1.24 bits per heavy atom. The smallest absolute Gasteiger partial charge is 0.404 e. The number of hydrogen-bond donors (Lipinski definition) is 3. The van der Waals surface area contributed by atoms with Crippen molar-refractivity contribution in [3.8, 4) is 16.2 Å². The maximum atomic E-state index is 15.5. The maximum Gasteiger partial charge on any atom is 0.404 e. The Bertz CT molecular complexity index is 1420. The van der Waals surface area contributed by atoms with E-state index in [0.717, 1.165) is 6.07 Å². The highest BCUT2D eigenvalue weighted by atomic mass is 32.2. The average Bonchev–Trinajstić information content (AvgIpc) is 3.55. The molecule has 2 heterocycles. The van der Waals surface area contributed by atoms with E-state index < -0.39 is 45.9 Å². The molecule has 5 N–H and O–H groups in total. The number of alkyl halides is 3. The lowest BCUT2D eigenvalue weighted by molar-refractivity contribution is -0.153. The van der Waals surface area contributed by atoms with Gasteiger partial charge in [0, 0.05) is 30.0 Å². The molecular formula is C22H23F4N4O3S+. The van der Waals surface area contributed by atoms with E-state index in [1.165, 1.54) is 17.7 Å². The zero-order chi connectivity index (χ0) is 24.5. The predicted octanol–water partition coefficient (Wildman–Crippen LogP) is 3.61. The van der Waals surface area contributed by atoms with Gasteiger partial charge in [-0.05, 0) is 31.7 Å². The summed E-state index contributed by atoms with van der Waals surface area (Å²) in [6.45, 7) is 0. The van der Waals surface area contributed by atoms with Crippen LogP contribution in [0.1, 0.15) is 48.1 Å². The molecule has 3 unspecified atom stereocenters. The van der Waals surface area contributed by atoms with Gasteiger partial charge in [0.25, 0.3) is 5.56 Å². The normalized spacial score (nSPS) is 19.9. The number of halogens is 4. The Morgan fingerprint density at radius 2 is 1.94 bits per heavy atom. The lowest BCUT2D eigenvalue weighted by Crippen LogP contribution is -2.43. The van der Waals surface area contributed by atoms with Crippen molar-refractivity contribution in [1.82, 2.24) is 9.55 Å². The summed E-state index contributed by atoms with van der Waals surface area (Å²) in [6, 6.07) is 0.298. The van der Waals surface area contributed by atoms with Gasteiger partial charge in [0.15, 0.2) is 10.6 Å². The molecule has 0 spiro atoms. The van der Waals surface area contributed by atoms with Crippen LogP contribution in [0.4, 0.5) is 17.6 Å². The number of thiophene rings is 1. The van der Waals surface area contributed by atoms with Gasteiger partial charge in [-0.1, -0.05) is 0 Å². The third kappa shape index (κ3) is 3.46. The molecule has 1 aromatic carbocycles. The van der Waals surface area contributed by atoms with Gasteiger partial charge >= 0.3 is 11.9 Å². The number of nitrogens with two attached hydrogens (primary N) is 2. The van der Waals surface area contributed by atoms with Crippen LogP contribution in [0.15, 0.2) is 21.7 Å². The second-order valence-electron chi connectivity index (χ2n) is 8.81. The van der Waals surface area contributed by atoms with Gasteiger partial charge in [-0.3, -0.25) is 14.3 Å². The maximum absolute atomic E-state index is 15.5. The zero-order valence-corrected chi connectivity index (χ0v) is 19.0. The Kier molecular flexibility index (Phi) is 5.37. The molecule has 12 heteroatoms. The summed E-state index contributed by atoms with van der Waals surface area (Å²) < 4.78 is 62.7. The van der Waals surface area contributed by atoms with E-state index in [4.69, 9.17) is 15.6 Å². The molecule has 0 amide bonds. The first-order valence-corrected chi connectivity index (χ1v) is 12.1. The first kappa shape index (κ1) is 23.1. The van der Waals surface area contributed by atoms with Crippen molar-refractivity contribution in [3.63, 3.8) is 0 Å². The Hall–Kier alpha value is -2.70. The van der Waals surface area contributed by atoms with E-state index in [0.29, 0.717) is 36.1 Å². The van der Waals surface area contributed by atoms with Gasteiger partial charge in [0.1, 0.15) is 22.9 Å². The molecular weight excluding hydrogens is 476 g/mol. The van der Waals surface area contributed by atoms with Crippen LogP contribution in [-0.2, 0) is 6.42 Å². The van der Waals surface area contributed by atoms with E-state index in [1.54, 1.807) is 0 Å². The van der Waals surface area contributed by atoms with E-state index >= 15 is 4.39 Å². The van der Waals surface area contributed by atoms with Crippen LogP contribution in [0.3, 0.4) is 0 Å². The van der Waals surface area contributed by atoms with Crippen LogP contribution in [0.2, 0.25) is 0 Å². The molecule has 2 aliphatic rings. The van der Waals surface area contributed by atoms with Gasteiger partial charge in [-0.25, -0.2) is 9.18 Å². The standard InChI is InChI=1S/C22H22F4N4O3S/c1-33-18-16(13(23)7-12-17(18)30(9-5-6-9)21(32)29-20(12)31)15-8-11-10(19(27)22(24,25)26)3-2-4-14(11)34(15)28/h7-10,19H,2-6,27-28H2,1H3/p+1. The van der Waals surface area contributed by atoms with Gasteiger partial charge < -0.3 is 10.5 Å². The largest absolute Gasteiger partial charge is 0.494 e. The van der Waals surface area contributed by atoms with Crippen molar-refractivity contribution in [2.75, 3.05) is 12.2 Å². The minimum Gasteiger partial charge on any atom is -0.494 e. The number of rotatable bonds is 4. The van der Waals surface area contributed by atoms with Crippen LogP contribution in [0.5, 0.6) is 5.75 Å². The topological polar surface area (TPSA) is 116 Å². The third-order valence-electron chi connectivity index (χ3n) is 6.74. The minimum absolute atomic E-state index is 0.0317. The molecule has 0 aliphatic heterocycles. The number of ether oxygens (including phenoxy) is 1. The van der Waals surface area contributed by atoms with Crippen molar-refractivity contribution >= 4 is 21.6 Å². The van der Waals surface area contributed by atoms with Crippen molar-refractivity contribution in [3.05, 3.63) is 49.2 Å². The number of benzene rings is 1. The monoisotopic (exact) mass is 499 g/mol. The van der Waals surface area contributed by atoms with Gasteiger partial charge in [-0.15, -0.1) is 5.14 Å². The fraction of sp³-hybridized carbons (Fsp3) is 0.455. The Morgan fingerprint density at radius 3 is 2.56 bits per heavy atom. The molecule has 3 aromatic rings. The summed E-state index contributed by atoms with van der Waals surface area (Å²) in [5, 5.41) is 6.42. The van der Waals surface area contributed by atoms with E-state index in [-0.39, 0.29) is 39.6 Å². The van der Waals surface area contributed by atoms with Crippen molar-refractivity contribution in [2.45, 2.75) is 56.3 Å². The first-order chi connectivity index (χ1) is 16.0. The molecule has 1 saturated carbocycles. The summed E-state index contributed by atoms with van der Waals surface area (Å²) in [5.41, 5.74) is 4.69. The summed E-state index contributed by atoms with van der Waals surface area (Å²) in [6.07, 6.45) is -1.93. The number of H-pyrrole nitrogens is 1.